The van der Waals surface area contributed by atoms with Gasteiger partial charge in [0.25, 0.3) is 0 Å². The van der Waals surface area contributed by atoms with Gasteiger partial charge in [-0.05, 0) is 58.2 Å². The number of nitrogen functional groups attached to an aromatic ring is 1. The van der Waals surface area contributed by atoms with E-state index in [9.17, 15) is 0 Å². The van der Waals surface area contributed by atoms with Crippen molar-refractivity contribution in [1.82, 2.24) is 24.6 Å². The number of aromatic nitrogens is 4. The maximum absolute atomic E-state index is 6.69. The molecule has 166 valence electrons. The summed E-state index contributed by atoms with van der Waals surface area (Å²) in [6.45, 7) is 13.9. The Hall–Kier alpha value is -2.38. The van der Waals surface area contributed by atoms with E-state index in [1.54, 1.807) is 0 Å². The summed E-state index contributed by atoms with van der Waals surface area (Å²) in [6, 6.07) is 2.60. The molecule has 2 N–H and O–H groups in total. The molecule has 0 amide bonds. The van der Waals surface area contributed by atoms with Crippen LogP contribution < -0.4 is 10.5 Å². The molecule has 31 heavy (non-hydrogen) atoms. The van der Waals surface area contributed by atoms with Crippen molar-refractivity contribution in [3.05, 3.63) is 39.8 Å². The first-order chi connectivity index (χ1) is 14.8. The van der Waals surface area contributed by atoms with Crippen LogP contribution in [0.3, 0.4) is 0 Å². The van der Waals surface area contributed by atoms with Gasteiger partial charge in [0.15, 0.2) is 5.65 Å². The average molecular weight is 443 g/mol. The molecule has 0 spiro atoms. The zero-order valence-corrected chi connectivity index (χ0v) is 19.7. The number of hydrogen-bond donors (Lipinski definition) is 1. The van der Waals surface area contributed by atoms with Gasteiger partial charge < -0.3 is 10.5 Å². The number of anilines is 1. The molecule has 0 radical (unpaired) electrons. The molecule has 3 aromatic rings. The van der Waals surface area contributed by atoms with Crippen molar-refractivity contribution in [3.63, 3.8) is 0 Å². The lowest BCUT2D eigenvalue weighted by atomic mass is 9.85. The Labute approximate surface area is 188 Å². The third-order valence-corrected chi connectivity index (χ3v) is 6.66. The molecule has 0 saturated carbocycles. The van der Waals surface area contributed by atoms with Crippen molar-refractivity contribution in [2.75, 3.05) is 25.4 Å². The molecule has 0 aliphatic carbocycles. The number of aryl methyl sites for hydroxylation is 3. The summed E-state index contributed by atoms with van der Waals surface area (Å²) in [7, 11) is 0. The molecular formula is C23H31ClN6O. The molecule has 1 aromatic carbocycles. The Balaban J connectivity index is 1.67. The summed E-state index contributed by atoms with van der Waals surface area (Å²) >= 11 is 6.69. The van der Waals surface area contributed by atoms with E-state index in [-0.39, 0.29) is 0 Å². The van der Waals surface area contributed by atoms with E-state index in [2.05, 4.69) is 40.7 Å². The number of fused-ring (bicyclic) bond motifs is 1. The summed E-state index contributed by atoms with van der Waals surface area (Å²) in [5.41, 5.74) is 11.1. The smallest absolute Gasteiger partial charge is 0.163 e. The summed E-state index contributed by atoms with van der Waals surface area (Å²) in [5.74, 6) is 1.89. The Bertz CT molecular complexity index is 1100. The van der Waals surface area contributed by atoms with Crippen LogP contribution in [0.4, 0.5) is 5.82 Å². The van der Waals surface area contributed by atoms with Crippen molar-refractivity contribution in [2.45, 2.75) is 59.5 Å². The topological polar surface area (TPSA) is 82.1 Å². The summed E-state index contributed by atoms with van der Waals surface area (Å²) in [6.07, 6.45) is 2.22. The molecule has 3 heterocycles. The quantitative estimate of drug-likeness (QED) is 0.592. The van der Waals surface area contributed by atoms with Crippen molar-refractivity contribution in [3.8, 4) is 5.75 Å². The molecule has 1 saturated heterocycles. The van der Waals surface area contributed by atoms with E-state index in [0.717, 1.165) is 58.1 Å². The highest BCUT2D eigenvalue weighted by atomic mass is 35.5. The van der Waals surface area contributed by atoms with Crippen molar-refractivity contribution >= 4 is 28.5 Å². The van der Waals surface area contributed by atoms with E-state index in [4.69, 9.17) is 22.1 Å². The van der Waals surface area contributed by atoms with Gasteiger partial charge in [-0.2, -0.15) is 5.10 Å². The average Bonchev–Trinajstić information content (AvgIpc) is 3.01. The second-order valence-corrected chi connectivity index (χ2v) is 8.99. The van der Waals surface area contributed by atoms with Gasteiger partial charge in [-0.15, -0.1) is 0 Å². The van der Waals surface area contributed by atoms with Gasteiger partial charge >= 0.3 is 0 Å². The molecule has 0 atom stereocenters. The number of ether oxygens (including phenoxy) is 1. The predicted octanol–water partition coefficient (Wildman–Crippen LogP) is 4.13. The van der Waals surface area contributed by atoms with Crippen LogP contribution in [-0.2, 0) is 13.0 Å². The molecule has 1 fully saturated rings. The highest BCUT2D eigenvalue weighted by Gasteiger charge is 2.34. The van der Waals surface area contributed by atoms with Gasteiger partial charge in [0, 0.05) is 42.2 Å². The molecule has 7 nitrogen and oxygen atoms in total. The Morgan fingerprint density at radius 1 is 1.26 bits per heavy atom. The molecule has 8 heteroatoms. The molecule has 0 unspecified atom stereocenters. The monoisotopic (exact) mass is 442 g/mol. The van der Waals surface area contributed by atoms with Crippen molar-refractivity contribution < 1.29 is 4.74 Å². The lowest BCUT2D eigenvalue weighted by molar-refractivity contribution is 0.107. The highest BCUT2D eigenvalue weighted by molar-refractivity contribution is 6.31. The fraction of sp³-hybridized carbons (Fsp3) is 0.522. The minimum atomic E-state index is 0.446. The maximum atomic E-state index is 6.69. The third kappa shape index (κ3) is 3.96. The van der Waals surface area contributed by atoms with E-state index < -0.39 is 0 Å². The minimum absolute atomic E-state index is 0.446. The van der Waals surface area contributed by atoms with Crippen LogP contribution in [0.2, 0.25) is 5.02 Å². The summed E-state index contributed by atoms with van der Waals surface area (Å²) < 4.78 is 8.10. The molecule has 0 bridgehead atoms. The SMILES string of the molecule is CCOc1c(CCn2nc(C)c3c(N)ncnc32)cc(Cl)c(C)c1C1CN(C(C)C)C1. The molecular weight excluding hydrogens is 412 g/mol. The summed E-state index contributed by atoms with van der Waals surface area (Å²) in [5, 5.41) is 6.26. The van der Waals surface area contributed by atoms with Crippen molar-refractivity contribution in [1.29, 1.82) is 0 Å². The first-order valence-corrected chi connectivity index (χ1v) is 11.3. The lowest BCUT2D eigenvalue weighted by Gasteiger charge is -2.43. The van der Waals surface area contributed by atoms with Crippen LogP contribution in [0.25, 0.3) is 11.0 Å². The van der Waals surface area contributed by atoms with Gasteiger partial charge in [0.05, 0.1) is 17.7 Å². The lowest BCUT2D eigenvalue weighted by Crippen LogP contribution is -2.48. The Kier molecular flexibility index (Phi) is 6.08. The number of benzene rings is 1. The fourth-order valence-electron chi connectivity index (χ4n) is 4.50. The Morgan fingerprint density at radius 3 is 2.68 bits per heavy atom. The first-order valence-electron chi connectivity index (χ1n) is 10.9. The molecule has 2 aromatic heterocycles. The number of hydrogen-bond acceptors (Lipinski definition) is 6. The number of rotatable bonds is 7. The van der Waals surface area contributed by atoms with Gasteiger partial charge in [0.1, 0.15) is 17.9 Å². The summed E-state index contributed by atoms with van der Waals surface area (Å²) in [4.78, 5) is 11.0. The first kappa shape index (κ1) is 21.8. The number of nitrogens with two attached hydrogens (primary N) is 1. The van der Waals surface area contributed by atoms with Crippen LogP contribution in [0.5, 0.6) is 5.75 Å². The highest BCUT2D eigenvalue weighted by Crippen LogP contribution is 2.42. The zero-order valence-electron chi connectivity index (χ0n) is 18.9. The molecule has 4 rings (SSSR count). The van der Waals surface area contributed by atoms with E-state index >= 15 is 0 Å². The van der Waals surface area contributed by atoms with E-state index in [0.29, 0.717) is 30.9 Å². The normalized spacial score (nSPS) is 15.1. The molecule has 1 aliphatic rings. The number of likely N-dealkylation sites (tertiary alicyclic amines) is 1. The maximum Gasteiger partial charge on any atom is 0.163 e. The predicted molar refractivity (Wildman–Crippen MR) is 125 cm³/mol. The number of halogens is 1. The van der Waals surface area contributed by atoms with E-state index in [1.165, 1.54) is 11.9 Å². The van der Waals surface area contributed by atoms with Gasteiger partial charge in [-0.3, -0.25) is 4.90 Å². The standard InChI is InChI=1S/C23H31ClN6O/c1-6-31-21-16(7-8-30-23-20(15(5)28-30)22(25)26-12-27-23)9-18(24)14(4)19(21)17-10-29(11-17)13(2)3/h9,12-13,17H,6-8,10-11H2,1-5H3,(H2,25,26,27). The van der Waals surface area contributed by atoms with Crippen LogP contribution in [0, 0.1) is 13.8 Å². The van der Waals surface area contributed by atoms with Gasteiger partial charge in [0.2, 0.25) is 0 Å². The van der Waals surface area contributed by atoms with Gasteiger partial charge in [-0.1, -0.05) is 11.6 Å². The van der Waals surface area contributed by atoms with Crippen LogP contribution in [0.15, 0.2) is 12.4 Å². The fourth-order valence-corrected chi connectivity index (χ4v) is 4.73. The van der Waals surface area contributed by atoms with Crippen molar-refractivity contribution in [2.24, 2.45) is 0 Å². The number of nitrogens with zero attached hydrogens (tertiary/aromatic N) is 5. The second-order valence-electron chi connectivity index (χ2n) is 8.58. The minimum Gasteiger partial charge on any atom is -0.493 e. The third-order valence-electron chi connectivity index (χ3n) is 6.26. The zero-order chi connectivity index (χ0) is 22.3. The van der Waals surface area contributed by atoms with Crippen LogP contribution in [0.1, 0.15) is 49.1 Å². The molecule has 1 aliphatic heterocycles. The second kappa shape index (κ2) is 8.63. The van der Waals surface area contributed by atoms with Crippen LogP contribution in [-0.4, -0.2) is 50.4 Å². The Morgan fingerprint density at radius 2 is 2.00 bits per heavy atom. The van der Waals surface area contributed by atoms with E-state index in [1.807, 2.05) is 24.6 Å². The van der Waals surface area contributed by atoms with Crippen LogP contribution >= 0.6 is 11.6 Å². The van der Waals surface area contributed by atoms with Gasteiger partial charge in [-0.25, -0.2) is 14.6 Å². The largest absolute Gasteiger partial charge is 0.493 e.